The third kappa shape index (κ3) is 8.03. The van der Waals surface area contributed by atoms with E-state index in [0.29, 0.717) is 19.3 Å². The number of rotatable bonds is 14. The van der Waals surface area contributed by atoms with Gasteiger partial charge in [-0.2, -0.15) is 0 Å². The van der Waals surface area contributed by atoms with Gasteiger partial charge in [-0.05, 0) is 44.1 Å². The molecule has 1 aromatic rings. The Bertz CT molecular complexity index is 516. The normalized spacial score (nSPS) is 11.3. The minimum atomic E-state index is -0.783. The van der Waals surface area contributed by atoms with Gasteiger partial charge >= 0.3 is 11.9 Å². The fourth-order valence-electron chi connectivity index (χ4n) is 3.23. The van der Waals surface area contributed by atoms with Crippen molar-refractivity contribution in [1.82, 2.24) is 0 Å². The van der Waals surface area contributed by atoms with Crippen LogP contribution in [0.5, 0.6) is 0 Å². The van der Waals surface area contributed by atoms with E-state index in [0.717, 1.165) is 50.5 Å². The van der Waals surface area contributed by atoms with Crippen LogP contribution in [0.3, 0.4) is 0 Å². The van der Waals surface area contributed by atoms with Crippen molar-refractivity contribution < 1.29 is 19.4 Å². The van der Waals surface area contributed by atoms with Crippen molar-refractivity contribution in [2.24, 2.45) is 0 Å². The summed E-state index contributed by atoms with van der Waals surface area (Å²) in [5, 5.41) is 8.67. The van der Waals surface area contributed by atoms with Crippen molar-refractivity contribution in [3.05, 3.63) is 35.9 Å². The molecule has 0 fully saturated rings. The Hall–Kier alpha value is -1.84. The third-order valence-corrected chi connectivity index (χ3v) is 4.75. The molecule has 0 amide bonds. The number of benzene rings is 1. The van der Waals surface area contributed by atoms with Gasteiger partial charge in [-0.1, -0.05) is 63.4 Å². The smallest absolute Gasteiger partial charge is 0.306 e. The number of hydrogen-bond donors (Lipinski definition) is 1. The highest BCUT2D eigenvalue weighted by Crippen LogP contribution is 2.37. The predicted molar refractivity (Wildman–Crippen MR) is 104 cm³/mol. The topological polar surface area (TPSA) is 63.6 Å². The molecule has 4 heteroatoms. The lowest BCUT2D eigenvalue weighted by Crippen LogP contribution is -2.33. The molecule has 4 nitrogen and oxygen atoms in total. The fourth-order valence-corrected chi connectivity index (χ4v) is 3.23. The highest BCUT2D eigenvalue weighted by molar-refractivity contribution is 5.70. The van der Waals surface area contributed by atoms with E-state index in [1.165, 1.54) is 0 Å². The van der Waals surface area contributed by atoms with Gasteiger partial charge in [0.1, 0.15) is 5.60 Å². The van der Waals surface area contributed by atoms with Gasteiger partial charge in [-0.3, -0.25) is 9.59 Å². The van der Waals surface area contributed by atoms with Gasteiger partial charge in [-0.15, -0.1) is 0 Å². The summed E-state index contributed by atoms with van der Waals surface area (Å²) in [6, 6.07) is 10.1. The average molecular weight is 363 g/mol. The van der Waals surface area contributed by atoms with E-state index in [9.17, 15) is 9.59 Å². The maximum Gasteiger partial charge on any atom is 0.306 e. The molecule has 0 unspecified atom stereocenters. The number of carbonyl (C=O) groups is 2. The molecule has 0 aliphatic rings. The van der Waals surface area contributed by atoms with Crippen molar-refractivity contribution in [3.8, 4) is 0 Å². The second-order valence-electron chi connectivity index (χ2n) is 7.00. The van der Waals surface area contributed by atoms with Crippen LogP contribution in [-0.4, -0.2) is 17.0 Å². The Labute approximate surface area is 158 Å². The molecule has 0 heterocycles. The quantitative estimate of drug-likeness (QED) is 0.333. The van der Waals surface area contributed by atoms with Crippen LogP contribution in [-0.2, 0) is 19.9 Å². The predicted octanol–water partition coefficient (Wildman–Crippen LogP) is 5.84. The maximum absolute atomic E-state index is 12.5. The van der Waals surface area contributed by atoms with Gasteiger partial charge < -0.3 is 9.84 Å². The lowest BCUT2D eigenvalue weighted by atomic mass is 9.83. The number of carboxylic acids is 1. The van der Waals surface area contributed by atoms with Crippen LogP contribution in [0.1, 0.15) is 90.0 Å². The fraction of sp³-hybridized carbons (Fsp3) is 0.636. The van der Waals surface area contributed by atoms with Gasteiger partial charge in [0.25, 0.3) is 0 Å². The van der Waals surface area contributed by atoms with Crippen LogP contribution in [0.4, 0.5) is 0 Å². The molecule has 0 aliphatic heterocycles. The lowest BCUT2D eigenvalue weighted by molar-refractivity contribution is -0.163. The van der Waals surface area contributed by atoms with E-state index in [2.05, 4.69) is 26.0 Å². The first-order valence-corrected chi connectivity index (χ1v) is 10.0. The summed E-state index contributed by atoms with van der Waals surface area (Å²) < 4.78 is 6.10. The molecule has 0 atom stereocenters. The molecule has 1 rings (SSSR count). The molecule has 1 N–H and O–H groups in total. The molecule has 0 spiro atoms. The Morgan fingerprint density at radius 3 is 2.00 bits per heavy atom. The van der Waals surface area contributed by atoms with Crippen LogP contribution in [0.2, 0.25) is 0 Å². The summed E-state index contributed by atoms with van der Waals surface area (Å²) >= 11 is 0. The molecular formula is C22H34O4. The van der Waals surface area contributed by atoms with Gasteiger partial charge in [0.15, 0.2) is 0 Å². The van der Waals surface area contributed by atoms with E-state index < -0.39 is 11.6 Å². The summed E-state index contributed by atoms with van der Waals surface area (Å²) in [5.41, 5.74) is 0.548. The number of aliphatic carboxylic acids is 1. The highest BCUT2D eigenvalue weighted by atomic mass is 16.6. The van der Waals surface area contributed by atoms with E-state index in [4.69, 9.17) is 9.84 Å². The van der Waals surface area contributed by atoms with Crippen molar-refractivity contribution >= 4 is 11.9 Å². The van der Waals surface area contributed by atoms with E-state index in [-0.39, 0.29) is 12.4 Å². The number of ether oxygens (including phenoxy) is 1. The lowest BCUT2D eigenvalue weighted by Gasteiger charge is -2.34. The molecule has 1 aromatic carbocycles. The SMILES string of the molecule is CCCCC(CCCC)(OC(=O)CCCCCC(=O)O)c1ccccc1. The summed E-state index contributed by atoms with van der Waals surface area (Å²) in [4.78, 5) is 23.1. The maximum atomic E-state index is 12.5. The molecule has 0 bridgehead atoms. The third-order valence-electron chi connectivity index (χ3n) is 4.75. The van der Waals surface area contributed by atoms with Gasteiger partial charge in [0, 0.05) is 12.8 Å². The molecule has 0 aromatic heterocycles. The summed E-state index contributed by atoms with van der Waals surface area (Å²) in [7, 11) is 0. The summed E-state index contributed by atoms with van der Waals surface area (Å²) in [6.45, 7) is 4.31. The van der Waals surface area contributed by atoms with Crippen LogP contribution in [0, 0.1) is 0 Å². The minimum Gasteiger partial charge on any atom is -0.481 e. The molecule has 146 valence electrons. The number of unbranched alkanes of at least 4 members (excludes halogenated alkanes) is 4. The van der Waals surface area contributed by atoms with Crippen LogP contribution in [0.25, 0.3) is 0 Å². The second kappa shape index (κ2) is 12.5. The number of carbonyl (C=O) groups excluding carboxylic acids is 1. The Morgan fingerprint density at radius 2 is 1.46 bits per heavy atom. The Balaban J connectivity index is 2.76. The van der Waals surface area contributed by atoms with E-state index >= 15 is 0 Å². The first kappa shape index (κ1) is 22.2. The van der Waals surface area contributed by atoms with E-state index in [1.807, 2.05) is 18.2 Å². The van der Waals surface area contributed by atoms with Gasteiger partial charge in [-0.25, -0.2) is 0 Å². The zero-order valence-corrected chi connectivity index (χ0v) is 16.3. The standard InChI is InChI=1S/C22H34O4/c1-3-5-17-22(18-6-4-2,19-13-9-7-10-14-19)26-21(25)16-12-8-11-15-20(23)24/h7,9-10,13-14H,3-6,8,11-12,15-18H2,1-2H3,(H,23,24). The second-order valence-corrected chi connectivity index (χ2v) is 7.00. The van der Waals surface area contributed by atoms with E-state index in [1.54, 1.807) is 0 Å². The van der Waals surface area contributed by atoms with Crippen molar-refractivity contribution in [2.75, 3.05) is 0 Å². The van der Waals surface area contributed by atoms with Crippen molar-refractivity contribution in [3.63, 3.8) is 0 Å². The zero-order valence-electron chi connectivity index (χ0n) is 16.3. The number of carboxylic acid groups (broad SMARTS) is 1. The van der Waals surface area contributed by atoms with Crippen LogP contribution in [0.15, 0.2) is 30.3 Å². The summed E-state index contributed by atoms with van der Waals surface area (Å²) in [6.07, 6.45) is 8.40. The van der Waals surface area contributed by atoms with Crippen LogP contribution < -0.4 is 0 Å². The molecule has 0 radical (unpaired) electrons. The number of hydrogen-bond acceptors (Lipinski definition) is 3. The zero-order chi connectivity index (χ0) is 19.3. The molecule has 0 saturated heterocycles. The molecular weight excluding hydrogens is 328 g/mol. The van der Waals surface area contributed by atoms with Crippen molar-refractivity contribution in [2.45, 2.75) is 90.1 Å². The van der Waals surface area contributed by atoms with Crippen LogP contribution >= 0.6 is 0 Å². The Kier molecular flexibility index (Phi) is 10.7. The molecule has 26 heavy (non-hydrogen) atoms. The van der Waals surface area contributed by atoms with Crippen molar-refractivity contribution in [1.29, 1.82) is 0 Å². The monoisotopic (exact) mass is 362 g/mol. The summed E-state index contributed by atoms with van der Waals surface area (Å²) in [5.74, 6) is -0.953. The first-order valence-electron chi connectivity index (χ1n) is 10.0. The largest absolute Gasteiger partial charge is 0.481 e. The number of esters is 1. The van der Waals surface area contributed by atoms with Gasteiger partial charge in [0.2, 0.25) is 0 Å². The highest BCUT2D eigenvalue weighted by Gasteiger charge is 2.35. The Morgan fingerprint density at radius 1 is 0.885 bits per heavy atom. The average Bonchev–Trinajstić information content (AvgIpc) is 2.64. The first-order chi connectivity index (χ1) is 12.5. The minimum absolute atomic E-state index is 0.163. The molecule has 0 aliphatic carbocycles. The molecule has 0 saturated carbocycles. The van der Waals surface area contributed by atoms with Gasteiger partial charge in [0.05, 0.1) is 0 Å².